The second-order valence-corrected chi connectivity index (χ2v) is 8.72. The highest BCUT2D eigenvalue weighted by Gasteiger charge is 2.51. The molecular formula is C20H27ClF3N3O4. The predicted molar refractivity (Wildman–Crippen MR) is 107 cm³/mol. The smallest absolute Gasteiger partial charge is 0.356 e. The van der Waals surface area contributed by atoms with E-state index in [1.165, 1.54) is 0 Å². The van der Waals surface area contributed by atoms with Gasteiger partial charge in [0.1, 0.15) is 5.15 Å². The SMILES string of the molecule is CCCCOC(O)N1C[C@H]2CC[C@@H](C1)C2C(C[N+](=O)[O-])c1c(C(F)(F)F)ccnc1Cl. The van der Waals surface area contributed by atoms with Gasteiger partial charge in [-0.2, -0.15) is 13.2 Å². The number of aromatic nitrogens is 1. The van der Waals surface area contributed by atoms with Crippen molar-refractivity contribution in [1.29, 1.82) is 0 Å². The van der Waals surface area contributed by atoms with Crippen molar-refractivity contribution >= 4 is 11.6 Å². The Morgan fingerprint density at radius 3 is 2.58 bits per heavy atom. The summed E-state index contributed by atoms with van der Waals surface area (Å²) < 4.78 is 46.6. The minimum Gasteiger partial charge on any atom is -0.356 e. The summed E-state index contributed by atoms with van der Waals surface area (Å²) in [4.78, 5) is 16.4. The van der Waals surface area contributed by atoms with E-state index < -0.39 is 35.5 Å². The van der Waals surface area contributed by atoms with Crippen LogP contribution in [0.4, 0.5) is 13.2 Å². The third-order valence-corrected chi connectivity index (χ3v) is 6.74. The summed E-state index contributed by atoms with van der Waals surface area (Å²) in [7, 11) is 0. The van der Waals surface area contributed by atoms with E-state index in [0.29, 0.717) is 19.7 Å². The molecule has 0 radical (unpaired) electrons. The molecule has 2 heterocycles. The van der Waals surface area contributed by atoms with Gasteiger partial charge in [0.25, 0.3) is 0 Å². The van der Waals surface area contributed by atoms with E-state index in [1.807, 2.05) is 6.92 Å². The maximum absolute atomic E-state index is 13.7. The Balaban J connectivity index is 1.89. The van der Waals surface area contributed by atoms with E-state index in [9.17, 15) is 28.4 Å². The van der Waals surface area contributed by atoms with Crippen LogP contribution in [0.1, 0.15) is 49.7 Å². The second-order valence-electron chi connectivity index (χ2n) is 8.36. The van der Waals surface area contributed by atoms with Crippen molar-refractivity contribution in [2.24, 2.45) is 17.8 Å². The molecule has 1 aliphatic carbocycles. The van der Waals surface area contributed by atoms with Gasteiger partial charge in [-0.05, 0) is 43.1 Å². The Hall–Kier alpha value is -1.49. The van der Waals surface area contributed by atoms with Crippen LogP contribution in [0.25, 0.3) is 0 Å². The van der Waals surface area contributed by atoms with Crippen molar-refractivity contribution < 1.29 is 27.9 Å². The Bertz CT molecular complexity index is 769. The molecule has 7 nitrogen and oxygen atoms in total. The summed E-state index contributed by atoms with van der Waals surface area (Å²) >= 11 is 6.09. The number of fused-ring (bicyclic) bond motifs is 2. The molecule has 1 aromatic rings. The van der Waals surface area contributed by atoms with Crippen LogP contribution in [-0.4, -0.2) is 52.6 Å². The normalized spacial score (nSPS) is 26.1. The van der Waals surface area contributed by atoms with Crippen molar-refractivity contribution in [1.82, 2.24) is 9.88 Å². The zero-order valence-corrected chi connectivity index (χ0v) is 18.0. The molecule has 1 N–H and O–H groups in total. The van der Waals surface area contributed by atoms with Gasteiger partial charge in [0.2, 0.25) is 13.0 Å². The van der Waals surface area contributed by atoms with Crippen molar-refractivity contribution in [3.63, 3.8) is 0 Å². The van der Waals surface area contributed by atoms with Gasteiger partial charge in [0.15, 0.2) is 0 Å². The van der Waals surface area contributed by atoms with Gasteiger partial charge in [-0.3, -0.25) is 15.0 Å². The standard InChI is InChI=1S/C20H27ClF3N3O4/c1-2-3-8-31-19(28)26-9-12-4-5-13(10-26)16(12)14(11-27(29)30)17-15(20(22,23)24)6-7-25-18(17)21/h6-7,12-14,16,19,28H,2-5,8-11H2,1H3/t12-,13+,14?,16?,19?. The molecule has 1 aromatic heterocycles. The number of unbranched alkanes of at least 4 members (excludes halogenated alkanes) is 1. The van der Waals surface area contributed by atoms with Crippen LogP contribution in [0, 0.1) is 27.9 Å². The van der Waals surface area contributed by atoms with E-state index in [2.05, 4.69) is 4.98 Å². The number of halogens is 4. The van der Waals surface area contributed by atoms with E-state index in [1.54, 1.807) is 4.90 Å². The first-order valence-electron chi connectivity index (χ1n) is 10.5. The number of likely N-dealkylation sites (tertiary alicyclic amines) is 1. The number of aliphatic hydroxyl groups excluding tert-OH is 1. The van der Waals surface area contributed by atoms with Gasteiger partial charge in [-0.25, -0.2) is 4.98 Å². The lowest BCUT2D eigenvalue weighted by Crippen LogP contribution is -2.50. The molecule has 0 aromatic carbocycles. The first-order valence-corrected chi connectivity index (χ1v) is 10.9. The first-order chi connectivity index (χ1) is 14.6. The fourth-order valence-electron chi connectivity index (χ4n) is 5.19. The van der Waals surface area contributed by atoms with Gasteiger partial charge in [-0.1, -0.05) is 24.9 Å². The third kappa shape index (κ3) is 5.47. The second kappa shape index (κ2) is 9.97. The third-order valence-electron chi connectivity index (χ3n) is 6.44. The average Bonchev–Trinajstić information content (AvgIpc) is 2.94. The number of alkyl halides is 3. The lowest BCUT2D eigenvalue weighted by Gasteiger charge is -2.42. The Morgan fingerprint density at radius 1 is 1.39 bits per heavy atom. The van der Waals surface area contributed by atoms with E-state index in [0.717, 1.165) is 37.9 Å². The molecule has 2 bridgehead atoms. The number of nitro groups is 1. The molecule has 0 spiro atoms. The van der Waals surface area contributed by atoms with Gasteiger partial charge in [0, 0.05) is 29.8 Å². The highest BCUT2D eigenvalue weighted by Crippen LogP contribution is 2.52. The zero-order chi connectivity index (χ0) is 22.8. The molecule has 5 atom stereocenters. The number of ether oxygens (including phenoxy) is 1. The molecule has 3 rings (SSSR count). The number of rotatable bonds is 9. The fourth-order valence-corrected chi connectivity index (χ4v) is 5.49. The molecule has 1 saturated heterocycles. The lowest BCUT2D eigenvalue weighted by atomic mass is 9.72. The lowest BCUT2D eigenvalue weighted by molar-refractivity contribution is -0.485. The van der Waals surface area contributed by atoms with Crippen LogP contribution < -0.4 is 0 Å². The Labute approximate surface area is 183 Å². The average molecular weight is 466 g/mol. The van der Waals surface area contributed by atoms with Crippen molar-refractivity contribution in [3.05, 3.63) is 38.7 Å². The molecule has 2 aliphatic rings. The van der Waals surface area contributed by atoms with E-state index >= 15 is 0 Å². The van der Waals surface area contributed by atoms with Crippen LogP contribution >= 0.6 is 11.6 Å². The number of pyridine rings is 1. The largest absolute Gasteiger partial charge is 0.416 e. The highest BCUT2D eigenvalue weighted by molar-refractivity contribution is 6.30. The van der Waals surface area contributed by atoms with Gasteiger partial charge in [-0.15, -0.1) is 0 Å². The molecule has 31 heavy (non-hydrogen) atoms. The van der Waals surface area contributed by atoms with Crippen LogP contribution in [0.2, 0.25) is 5.15 Å². The maximum Gasteiger partial charge on any atom is 0.416 e. The summed E-state index contributed by atoms with van der Waals surface area (Å²) in [5.74, 6) is -1.58. The van der Waals surface area contributed by atoms with Crippen molar-refractivity contribution in [2.75, 3.05) is 26.2 Å². The van der Waals surface area contributed by atoms with Crippen molar-refractivity contribution in [3.8, 4) is 0 Å². The molecule has 174 valence electrons. The highest BCUT2D eigenvalue weighted by atomic mass is 35.5. The number of nitrogens with zero attached hydrogens (tertiary/aromatic N) is 3. The summed E-state index contributed by atoms with van der Waals surface area (Å²) in [5, 5.41) is 21.5. The molecule has 2 fully saturated rings. The number of piperidine rings is 1. The topological polar surface area (TPSA) is 88.7 Å². The van der Waals surface area contributed by atoms with Gasteiger partial charge < -0.3 is 9.84 Å². The summed E-state index contributed by atoms with van der Waals surface area (Å²) in [6, 6.07) is 0.830. The van der Waals surface area contributed by atoms with Crippen LogP contribution in [0.3, 0.4) is 0 Å². The van der Waals surface area contributed by atoms with Gasteiger partial charge in [0.05, 0.1) is 18.1 Å². The summed E-state index contributed by atoms with van der Waals surface area (Å²) in [6.07, 6.45) is -1.63. The summed E-state index contributed by atoms with van der Waals surface area (Å²) in [6.45, 7) is 2.58. The molecule has 1 saturated carbocycles. The quantitative estimate of drug-likeness (QED) is 0.194. The zero-order valence-electron chi connectivity index (χ0n) is 17.2. The predicted octanol–water partition coefficient (Wildman–Crippen LogP) is 4.16. The minimum atomic E-state index is -4.69. The van der Waals surface area contributed by atoms with Crippen LogP contribution in [-0.2, 0) is 10.9 Å². The van der Waals surface area contributed by atoms with E-state index in [4.69, 9.17) is 16.3 Å². The first kappa shape index (κ1) is 24.2. The number of hydrogen-bond donors (Lipinski definition) is 1. The molecule has 1 aliphatic heterocycles. The molecule has 0 amide bonds. The van der Waals surface area contributed by atoms with Gasteiger partial charge >= 0.3 is 6.18 Å². The molecule has 3 unspecified atom stereocenters. The number of hydrogen-bond acceptors (Lipinski definition) is 6. The number of aliphatic hydroxyl groups is 1. The Kier molecular flexibility index (Phi) is 7.77. The Morgan fingerprint density at radius 2 is 2.03 bits per heavy atom. The molecular weight excluding hydrogens is 439 g/mol. The van der Waals surface area contributed by atoms with E-state index in [-0.39, 0.29) is 28.5 Å². The fraction of sp³-hybridized carbons (Fsp3) is 0.750. The monoisotopic (exact) mass is 465 g/mol. The van der Waals surface area contributed by atoms with Crippen LogP contribution in [0.15, 0.2) is 12.3 Å². The maximum atomic E-state index is 13.7. The van der Waals surface area contributed by atoms with Crippen molar-refractivity contribution in [2.45, 2.75) is 51.1 Å². The van der Waals surface area contributed by atoms with Crippen LogP contribution in [0.5, 0.6) is 0 Å². The summed E-state index contributed by atoms with van der Waals surface area (Å²) in [5.41, 5.74) is -1.26. The molecule has 11 heteroatoms. The minimum absolute atomic E-state index is 0.106.